The zero-order chi connectivity index (χ0) is 14.3. The molecule has 0 radical (unpaired) electrons. The number of hydrogen-bond acceptors (Lipinski definition) is 3. The predicted octanol–water partition coefficient (Wildman–Crippen LogP) is 3.22. The lowest BCUT2D eigenvalue weighted by Crippen LogP contribution is -2.18. The van der Waals surface area contributed by atoms with E-state index in [1.807, 2.05) is 0 Å². The summed E-state index contributed by atoms with van der Waals surface area (Å²) >= 11 is 0. The Balaban J connectivity index is 2.26. The Hall–Kier alpha value is -1.50. The van der Waals surface area contributed by atoms with Gasteiger partial charge in [0.05, 0.1) is 12.8 Å². The molecule has 19 heavy (non-hydrogen) atoms. The second-order valence-corrected chi connectivity index (χ2v) is 3.79. The lowest BCUT2D eigenvalue weighted by atomic mass is 10.2. The molecule has 108 valence electrons. The van der Waals surface area contributed by atoms with E-state index in [2.05, 4.69) is 10.1 Å². The Labute approximate surface area is 108 Å². The number of alkyl halides is 3. The molecular weight excluding hydrogens is 266 g/mol. The minimum atomic E-state index is -4.30. The first-order valence-corrected chi connectivity index (χ1v) is 5.64. The normalized spacial score (nSPS) is 11.4. The minimum absolute atomic E-state index is 0.00395. The van der Waals surface area contributed by atoms with E-state index >= 15 is 0 Å². The van der Waals surface area contributed by atoms with E-state index in [0.717, 1.165) is 0 Å². The Morgan fingerprint density at radius 3 is 2.63 bits per heavy atom. The quantitative estimate of drug-likeness (QED) is 0.615. The van der Waals surface area contributed by atoms with Crippen LogP contribution in [0.2, 0.25) is 0 Å². The van der Waals surface area contributed by atoms with E-state index in [0.29, 0.717) is 24.4 Å². The first kappa shape index (κ1) is 15.6. The van der Waals surface area contributed by atoms with Gasteiger partial charge in [0.25, 0.3) is 0 Å². The number of halogens is 4. The molecule has 0 atom stereocenters. The first-order valence-electron chi connectivity index (χ1n) is 5.64. The molecule has 1 aromatic carbocycles. The zero-order valence-electron chi connectivity index (χ0n) is 10.4. The molecule has 0 bridgehead atoms. The molecule has 1 rings (SSSR count). The largest absolute Gasteiger partial charge is 0.494 e. The van der Waals surface area contributed by atoms with Gasteiger partial charge in [-0.3, -0.25) is 0 Å². The van der Waals surface area contributed by atoms with Crippen molar-refractivity contribution in [3.8, 4) is 5.75 Å². The lowest BCUT2D eigenvalue weighted by molar-refractivity contribution is -0.173. The molecule has 0 unspecified atom stereocenters. The van der Waals surface area contributed by atoms with Crippen molar-refractivity contribution in [1.29, 1.82) is 0 Å². The summed E-state index contributed by atoms with van der Waals surface area (Å²) in [5.41, 5.74) is 0.583. The van der Waals surface area contributed by atoms with E-state index in [9.17, 15) is 17.6 Å². The van der Waals surface area contributed by atoms with Crippen LogP contribution in [0, 0.1) is 5.82 Å². The third kappa shape index (κ3) is 6.28. The molecule has 1 N–H and O–H groups in total. The number of methoxy groups -OCH3 is 1. The maximum atomic E-state index is 12.9. The van der Waals surface area contributed by atoms with Gasteiger partial charge in [-0.15, -0.1) is 0 Å². The summed E-state index contributed by atoms with van der Waals surface area (Å²) in [4.78, 5) is 0. The van der Waals surface area contributed by atoms with Gasteiger partial charge in [-0.05, 0) is 18.6 Å². The predicted molar refractivity (Wildman–Crippen MR) is 62.9 cm³/mol. The summed E-state index contributed by atoms with van der Waals surface area (Å²) < 4.78 is 57.6. The molecule has 0 saturated carbocycles. The molecule has 0 heterocycles. The number of ether oxygens (including phenoxy) is 2. The fraction of sp³-hybridized carbons (Fsp3) is 0.500. The van der Waals surface area contributed by atoms with Crippen molar-refractivity contribution >= 4 is 5.69 Å². The molecule has 0 aliphatic heterocycles. The van der Waals surface area contributed by atoms with Crippen LogP contribution in [0.3, 0.4) is 0 Å². The minimum Gasteiger partial charge on any atom is -0.494 e. The molecule has 0 spiro atoms. The Morgan fingerprint density at radius 2 is 2.00 bits per heavy atom. The fourth-order valence-electron chi connectivity index (χ4n) is 1.40. The van der Waals surface area contributed by atoms with Crippen molar-refractivity contribution in [2.75, 3.05) is 32.2 Å². The van der Waals surface area contributed by atoms with Gasteiger partial charge in [0, 0.05) is 19.2 Å². The van der Waals surface area contributed by atoms with Crippen LogP contribution < -0.4 is 10.1 Å². The number of benzene rings is 1. The van der Waals surface area contributed by atoms with Crippen LogP contribution in [0.25, 0.3) is 0 Å². The van der Waals surface area contributed by atoms with Crippen molar-refractivity contribution in [3.63, 3.8) is 0 Å². The maximum Gasteiger partial charge on any atom is 0.411 e. The van der Waals surface area contributed by atoms with Crippen LogP contribution in [0.1, 0.15) is 6.42 Å². The van der Waals surface area contributed by atoms with Crippen molar-refractivity contribution < 1.29 is 27.0 Å². The third-order valence-corrected chi connectivity index (χ3v) is 2.21. The van der Waals surface area contributed by atoms with Crippen LogP contribution in [0.4, 0.5) is 23.2 Å². The van der Waals surface area contributed by atoms with E-state index in [4.69, 9.17) is 4.74 Å². The van der Waals surface area contributed by atoms with Gasteiger partial charge in [0.2, 0.25) is 0 Å². The van der Waals surface area contributed by atoms with Crippen molar-refractivity contribution in [2.24, 2.45) is 0 Å². The molecule has 1 aromatic rings. The van der Waals surface area contributed by atoms with Gasteiger partial charge in [0.15, 0.2) is 0 Å². The number of hydrogen-bond donors (Lipinski definition) is 1. The standard InChI is InChI=1S/C12H15F4NO2/c1-18-11-7-9(13)3-4-10(11)17-5-2-6-19-8-12(14,15)16/h3-4,7,17H,2,5-6,8H2,1H3. The third-order valence-electron chi connectivity index (χ3n) is 2.21. The second kappa shape index (κ2) is 7.18. The molecule has 0 aliphatic carbocycles. The maximum absolute atomic E-state index is 12.9. The van der Waals surface area contributed by atoms with E-state index in [1.165, 1.54) is 25.3 Å². The molecule has 0 aliphatic rings. The van der Waals surface area contributed by atoms with E-state index in [1.54, 1.807) is 0 Å². The van der Waals surface area contributed by atoms with Crippen LogP contribution >= 0.6 is 0 Å². The van der Waals surface area contributed by atoms with Crippen molar-refractivity contribution in [2.45, 2.75) is 12.6 Å². The molecule has 0 amide bonds. The van der Waals surface area contributed by atoms with Gasteiger partial charge in [0.1, 0.15) is 18.2 Å². The van der Waals surface area contributed by atoms with E-state index in [-0.39, 0.29) is 6.61 Å². The highest BCUT2D eigenvalue weighted by Crippen LogP contribution is 2.24. The Morgan fingerprint density at radius 1 is 1.26 bits per heavy atom. The summed E-state index contributed by atoms with van der Waals surface area (Å²) in [5, 5.41) is 2.94. The van der Waals surface area contributed by atoms with Gasteiger partial charge in [-0.1, -0.05) is 0 Å². The van der Waals surface area contributed by atoms with Crippen molar-refractivity contribution in [3.05, 3.63) is 24.0 Å². The second-order valence-electron chi connectivity index (χ2n) is 3.79. The number of rotatable bonds is 7. The van der Waals surface area contributed by atoms with Crippen molar-refractivity contribution in [1.82, 2.24) is 0 Å². The molecule has 0 saturated heterocycles. The average Bonchev–Trinajstić information content (AvgIpc) is 2.33. The topological polar surface area (TPSA) is 30.5 Å². The number of anilines is 1. The smallest absolute Gasteiger partial charge is 0.411 e. The SMILES string of the molecule is COc1cc(F)ccc1NCCCOCC(F)(F)F. The summed E-state index contributed by atoms with van der Waals surface area (Å²) in [6.07, 6.45) is -3.90. The molecular formula is C12H15F4NO2. The highest BCUT2D eigenvalue weighted by atomic mass is 19.4. The monoisotopic (exact) mass is 281 g/mol. The van der Waals surface area contributed by atoms with Gasteiger partial charge in [-0.2, -0.15) is 13.2 Å². The summed E-state index contributed by atoms with van der Waals surface area (Å²) in [7, 11) is 1.41. The molecule has 3 nitrogen and oxygen atoms in total. The molecule has 0 fully saturated rings. The van der Waals surface area contributed by atoms with E-state index < -0.39 is 18.6 Å². The highest BCUT2D eigenvalue weighted by Gasteiger charge is 2.27. The average molecular weight is 281 g/mol. The van der Waals surface area contributed by atoms with Gasteiger partial charge in [-0.25, -0.2) is 4.39 Å². The zero-order valence-corrected chi connectivity index (χ0v) is 10.4. The van der Waals surface area contributed by atoms with Crippen LogP contribution in [0.15, 0.2) is 18.2 Å². The Kier molecular flexibility index (Phi) is 5.88. The van der Waals surface area contributed by atoms with Crippen LogP contribution in [0.5, 0.6) is 5.75 Å². The van der Waals surface area contributed by atoms with Crippen LogP contribution in [-0.2, 0) is 4.74 Å². The van der Waals surface area contributed by atoms with Gasteiger partial charge < -0.3 is 14.8 Å². The summed E-state index contributed by atoms with van der Waals surface area (Å²) in [6.45, 7) is -0.845. The summed E-state index contributed by atoms with van der Waals surface area (Å²) in [5.74, 6) is -0.0767. The van der Waals surface area contributed by atoms with Crippen LogP contribution in [-0.4, -0.2) is 33.0 Å². The molecule has 0 aromatic heterocycles. The first-order chi connectivity index (χ1) is 8.92. The molecule has 7 heteroatoms. The highest BCUT2D eigenvalue weighted by molar-refractivity contribution is 5.56. The fourth-order valence-corrected chi connectivity index (χ4v) is 1.40. The summed E-state index contributed by atoms with van der Waals surface area (Å²) in [6, 6.07) is 4.00. The lowest BCUT2D eigenvalue weighted by Gasteiger charge is -2.11. The number of nitrogens with one attached hydrogen (secondary N) is 1. The van der Waals surface area contributed by atoms with Gasteiger partial charge >= 0.3 is 6.18 Å². The Bertz CT molecular complexity index is 396.